The first kappa shape index (κ1) is 14.9. The van der Waals surface area contributed by atoms with Gasteiger partial charge in [0.1, 0.15) is 11.9 Å². The maximum absolute atomic E-state index is 6.35. The number of hydrogen-bond donors (Lipinski definition) is 0. The lowest BCUT2D eigenvalue weighted by molar-refractivity contribution is 0.143. The molecule has 1 aliphatic heterocycles. The lowest BCUT2D eigenvalue weighted by atomic mass is 10.1. The lowest BCUT2D eigenvalue weighted by Crippen LogP contribution is -2.28. The van der Waals surface area contributed by atoms with Crippen LogP contribution in [0.2, 0.25) is 0 Å². The van der Waals surface area contributed by atoms with Crippen LogP contribution in [0.25, 0.3) is 0 Å². The third kappa shape index (κ3) is 3.31. The zero-order valence-electron chi connectivity index (χ0n) is 13.5. The van der Waals surface area contributed by atoms with Crippen molar-refractivity contribution in [2.24, 2.45) is 0 Å². The van der Waals surface area contributed by atoms with E-state index in [2.05, 4.69) is 58.4 Å². The highest BCUT2D eigenvalue weighted by Gasteiger charge is 2.24. The molecule has 1 aromatic heterocycles. The molecule has 2 heterocycles. The molecule has 0 N–H and O–H groups in total. The van der Waals surface area contributed by atoms with E-state index >= 15 is 0 Å². The first-order valence-electron chi connectivity index (χ1n) is 8.30. The van der Waals surface area contributed by atoms with Crippen molar-refractivity contribution in [3.05, 3.63) is 95.8 Å². The number of nitrogens with zero attached hydrogens (tertiary/aromatic N) is 2. The van der Waals surface area contributed by atoms with Crippen LogP contribution in [0.1, 0.15) is 22.9 Å². The molecule has 0 bridgehead atoms. The number of rotatable bonds is 3. The molecule has 24 heavy (non-hydrogen) atoms. The van der Waals surface area contributed by atoms with Gasteiger partial charge in [-0.25, -0.2) is 0 Å². The zero-order valence-corrected chi connectivity index (χ0v) is 13.5. The number of para-hydroxylation sites is 1. The van der Waals surface area contributed by atoms with Gasteiger partial charge in [-0.3, -0.25) is 9.88 Å². The van der Waals surface area contributed by atoms with Gasteiger partial charge in [0, 0.05) is 31.4 Å². The Balaban J connectivity index is 1.65. The molecular weight excluding hydrogens is 296 g/mol. The van der Waals surface area contributed by atoms with Gasteiger partial charge in [-0.2, -0.15) is 0 Å². The van der Waals surface area contributed by atoms with Crippen LogP contribution in [0.4, 0.5) is 0 Å². The maximum Gasteiger partial charge on any atom is 0.136 e. The lowest BCUT2D eigenvalue weighted by Gasteiger charge is -2.24. The third-order valence-corrected chi connectivity index (χ3v) is 4.34. The zero-order chi connectivity index (χ0) is 16.2. The van der Waals surface area contributed by atoms with Gasteiger partial charge in [0.05, 0.1) is 5.69 Å². The predicted molar refractivity (Wildman–Crippen MR) is 94.6 cm³/mol. The molecule has 0 fully saturated rings. The Morgan fingerprint density at radius 2 is 1.71 bits per heavy atom. The summed E-state index contributed by atoms with van der Waals surface area (Å²) in [6.45, 7) is 2.53. The Hall–Kier alpha value is -2.65. The minimum Gasteiger partial charge on any atom is -0.484 e. The molecule has 0 amide bonds. The largest absolute Gasteiger partial charge is 0.484 e. The molecule has 0 aliphatic carbocycles. The summed E-state index contributed by atoms with van der Waals surface area (Å²) in [6.07, 6.45) is 1.88. The number of benzene rings is 2. The molecule has 120 valence electrons. The summed E-state index contributed by atoms with van der Waals surface area (Å²) in [7, 11) is 0. The highest BCUT2D eigenvalue weighted by Crippen LogP contribution is 2.31. The average molecular weight is 316 g/mol. The molecule has 0 saturated heterocycles. The summed E-state index contributed by atoms with van der Waals surface area (Å²) >= 11 is 0. The molecular formula is C21H20N2O. The van der Waals surface area contributed by atoms with E-state index in [9.17, 15) is 0 Å². The topological polar surface area (TPSA) is 25.4 Å². The van der Waals surface area contributed by atoms with Crippen molar-refractivity contribution in [2.45, 2.75) is 19.2 Å². The Kier molecular flexibility index (Phi) is 4.26. The molecule has 1 aliphatic rings. The minimum atomic E-state index is 0.0264. The molecule has 0 radical (unpaired) electrons. The van der Waals surface area contributed by atoms with Crippen LogP contribution < -0.4 is 4.74 Å². The molecule has 0 spiro atoms. The van der Waals surface area contributed by atoms with Crippen molar-refractivity contribution in [1.29, 1.82) is 0 Å². The molecule has 4 rings (SSSR count). The van der Waals surface area contributed by atoms with Gasteiger partial charge in [-0.05, 0) is 23.8 Å². The van der Waals surface area contributed by atoms with Crippen molar-refractivity contribution < 1.29 is 4.74 Å². The average Bonchev–Trinajstić information content (AvgIpc) is 2.82. The van der Waals surface area contributed by atoms with Gasteiger partial charge in [0.25, 0.3) is 0 Å². The maximum atomic E-state index is 6.35. The number of ether oxygens (including phenoxy) is 1. The smallest absolute Gasteiger partial charge is 0.136 e. The molecule has 2 aromatic carbocycles. The van der Waals surface area contributed by atoms with Gasteiger partial charge in [-0.1, -0.05) is 54.6 Å². The van der Waals surface area contributed by atoms with E-state index in [0.717, 1.165) is 31.1 Å². The predicted octanol–water partition coefficient (Wildman–Crippen LogP) is 4.22. The van der Waals surface area contributed by atoms with Gasteiger partial charge >= 0.3 is 0 Å². The monoisotopic (exact) mass is 316 g/mol. The molecule has 1 unspecified atom stereocenters. The van der Waals surface area contributed by atoms with E-state index in [1.807, 2.05) is 30.5 Å². The first-order valence-corrected chi connectivity index (χ1v) is 8.30. The van der Waals surface area contributed by atoms with Gasteiger partial charge in [0.15, 0.2) is 0 Å². The Morgan fingerprint density at radius 3 is 2.54 bits per heavy atom. The molecule has 3 heteroatoms. The quantitative estimate of drug-likeness (QED) is 0.723. The van der Waals surface area contributed by atoms with Crippen molar-refractivity contribution in [1.82, 2.24) is 9.88 Å². The minimum absolute atomic E-state index is 0.0264. The van der Waals surface area contributed by atoms with E-state index < -0.39 is 0 Å². The number of fused-ring (bicyclic) bond motifs is 1. The first-order chi connectivity index (χ1) is 11.9. The van der Waals surface area contributed by atoms with Crippen molar-refractivity contribution in [3.8, 4) is 5.75 Å². The second-order valence-corrected chi connectivity index (χ2v) is 6.12. The second-order valence-electron chi connectivity index (χ2n) is 6.12. The van der Waals surface area contributed by atoms with E-state index in [4.69, 9.17) is 4.74 Å². The molecule has 3 nitrogen and oxygen atoms in total. The summed E-state index contributed by atoms with van der Waals surface area (Å²) in [5, 5.41) is 0. The summed E-state index contributed by atoms with van der Waals surface area (Å²) in [4.78, 5) is 6.88. The van der Waals surface area contributed by atoms with E-state index in [-0.39, 0.29) is 6.10 Å². The summed E-state index contributed by atoms with van der Waals surface area (Å²) in [5.41, 5.74) is 3.52. The van der Waals surface area contributed by atoms with Crippen LogP contribution in [0.5, 0.6) is 5.75 Å². The van der Waals surface area contributed by atoms with Crippen molar-refractivity contribution >= 4 is 0 Å². The normalized spacial score (nSPS) is 17.6. The highest BCUT2D eigenvalue weighted by atomic mass is 16.5. The third-order valence-electron chi connectivity index (χ3n) is 4.34. The number of pyridine rings is 1. The highest BCUT2D eigenvalue weighted by molar-refractivity contribution is 5.35. The van der Waals surface area contributed by atoms with E-state index in [0.29, 0.717) is 0 Å². The van der Waals surface area contributed by atoms with Crippen LogP contribution in [0.3, 0.4) is 0 Å². The Morgan fingerprint density at radius 1 is 0.917 bits per heavy atom. The van der Waals surface area contributed by atoms with Crippen LogP contribution in [-0.4, -0.2) is 16.4 Å². The SMILES string of the molecule is c1ccc(C2CN(Cc3ccccn3)Cc3ccccc3O2)cc1. The van der Waals surface area contributed by atoms with Crippen molar-refractivity contribution in [3.63, 3.8) is 0 Å². The summed E-state index contributed by atoms with van der Waals surface area (Å²) in [5.74, 6) is 0.981. The molecule has 1 atom stereocenters. The van der Waals surface area contributed by atoms with Crippen LogP contribution in [-0.2, 0) is 13.1 Å². The van der Waals surface area contributed by atoms with Crippen LogP contribution in [0.15, 0.2) is 79.0 Å². The standard InChI is InChI=1S/C21H20N2O/c1-2-8-17(9-3-1)21-16-23(15-19-11-6-7-13-22-19)14-18-10-4-5-12-20(18)24-21/h1-13,21H,14-16H2. The number of aromatic nitrogens is 1. The van der Waals surface area contributed by atoms with Crippen LogP contribution in [0, 0.1) is 0 Å². The fourth-order valence-corrected chi connectivity index (χ4v) is 3.16. The second kappa shape index (κ2) is 6.85. The van der Waals surface area contributed by atoms with Gasteiger partial charge < -0.3 is 4.74 Å². The van der Waals surface area contributed by atoms with E-state index in [1.165, 1.54) is 11.1 Å². The number of hydrogen-bond acceptors (Lipinski definition) is 3. The fourth-order valence-electron chi connectivity index (χ4n) is 3.16. The fraction of sp³-hybridized carbons (Fsp3) is 0.190. The summed E-state index contributed by atoms with van der Waals surface area (Å²) < 4.78 is 6.35. The Bertz CT molecular complexity index is 789. The Labute approximate surface area is 142 Å². The van der Waals surface area contributed by atoms with Crippen molar-refractivity contribution in [2.75, 3.05) is 6.54 Å². The molecule has 0 saturated carbocycles. The van der Waals surface area contributed by atoms with Crippen LogP contribution >= 0.6 is 0 Å². The van der Waals surface area contributed by atoms with Gasteiger partial charge in [-0.15, -0.1) is 0 Å². The summed E-state index contributed by atoms with van der Waals surface area (Å²) in [6, 6.07) is 24.8. The van der Waals surface area contributed by atoms with Gasteiger partial charge in [0.2, 0.25) is 0 Å². The molecule has 3 aromatic rings. The van der Waals surface area contributed by atoms with E-state index in [1.54, 1.807) is 0 Å².